The van der Waals surface area contributed by atoms with Crippen molar-refractivity contribution in [3.05, 3.63) is 120 Å². The van der Waals surface area contributed by atoms with Crippen LogP contribution in [0.5, 0.6) is 11.5 Å². The minimum Gasteiger partial charge on any atom is -0.497 e. The molecule has 4 rings (SSSR count). The fourth-order valence-electron chi connectivity index (χ4n) is 4.79. The van der Waals surface area contributed by atoms with E-state index in [0.29, 0.717) is 26.3 Å². The molecule has 9 heteroatoms. The van der Waals surface area contributed by atoms with Crippen molar-refractivity contribution in [3.8, 4) is 11.5 Å². The quantitative estimate of drug-likeness (QED) is 0.206. The molecule has 41 heavy (non-hydrogen) atoms. The molecule has 0 heterocycles. The Bertz CT molecular complexity index is 1180. The molecule has 4 aromatic rings. The van der Waals surface area contributed by atoms with Gasteiger partial charge in [0.1, 0.15) is 11.5 Å². The molecule has 0 aliphatic rings. The number of rotatable bonds is 16. The average molecular weight is 552 g/mol. The van der Waals surface area contributed by atoms with Crippen molar-refractivity contribution in [2.45, 2.75) is 12.0 Å². The molecule has 0 aliphatic heterocycles. The van der Waals surface area contributed by atoms with Gasteiger partial charge in [-0.25, -0.2) is 0 Å². The monoisotopic (exact) mass is 552 g/mol. The van der Waals surface area contributed by atoms with Crippen molar-refractivity contribution >= 4 is 24.8 Å². The first kappa shape index (κ1) is 30.4. The molecule has 0 radical (unpaired) electrons. The summed E-state index contributed by atoms with van der Waals surface area (Å²) < 4.78 is 30.8. The van der Waals surface area contributed by atoms with Crippen molar-refractivity contribution in [2.24, 2.45) is 11.5 Å². The summed E-state index contributed by atoms with van der Waals surface area (Å²) in [6.45, 7) is 0.582. The Morgan fingerprint density at radius 3 is 1.22 bits per heavy atom. The van der Waals surface area contributed by atoms with E-state index in [1.54, 1.807) is 14.2 Å². The normalized spacial score (nSPS) is 12.4. The molecular formula is C32H38B2N2O5. The Balaban J connectivity index is 1.82. The SMILES string of the molecule is COc1ccc(B(OCCN)C(OC(B(OCCN)c2ccc(OC)cc2)c2ccccc2)c2ccccc2)cc1. The van der Waals surface area contributed by atoms with Crippen LogP contribution in [-0.2, 0) is 14.0 Å². The summed E-state index contributed by atoms with van der Waals surface area (Å²) in [5, 5.41) is 0. The second-order valence-corrected chi connectivity index (χ2v) is 9.51. The molecule has 0 aliphatic carbocycles. The van der Waals surface area contributed by atoms with Gasteiger partial charge in [-0.05, 0) is 46.3 Å². The molecule has 2 unspecified atom stereocenters. The lowest BCUT2D eigenvalue weighted by molar-refractivity contribution is 0.0511. The molecule has 0 saturated heterocycles. The third kappa shape index (κ3) is 8.22. The smallest absolute Gasteiger partial charge is 0.361 e. The molecular weight excluding hydrogens is 514 g/mol. The molecule has 7 nitrogen and oxygen atoms in total. The largest absolute Gasteiger partial charge is 0.497 e. The zero-order valence-corrected chi connectivity index (χ0v) is 23.7. The predicted octanol–water partition coefficient (Wildman–Crippen LogP) is 3.33. The highest BCUT2D eigenvalue weighted by molar-refractivity contribution is 6.70. The number of benzene rings is 4. The number of hydrogen-bond donors (Lipinski definition) is 2. The second kappa shape index (κ2) is 16.0. The maximum Gasteiger partial charge on any atom is 0.361 e. The van der Waals surface area contributed by atoms with E-state index in [1.807, 2.05) is 84.9 Å². The van der Waals surface area contributed by atoms with Gasteiger partial charge in [0.05, 0.1) is 26.2 Å². The zero-order valence-electron chi connectivity index (χ0n) is 23.7. The summed E-state index contributed by atoms with van der Waals surface area (Å²) in [5.41, 5.74) is 15.7. The lowest BCUT2D eigenvalue weighted by Crippen LogP contribution is -2.47. The minimum absolute atomic E-state index is 0.366. The van der Waals surface area contributed by atoms with Gasteiger partial charge in [0.25, 0.3) is 0 Å². The lowest BCUT2D eigenvalue weighted by atomic mass is 9.51. The Hall–Kier alpha value is -3.59. The van der Waals surface area contributed by atoms with Gasteiger partial charge in [-0.15, -0.1) is 0 Å². The van der Waals surface area contributed by atoms with E-state index in [4.69, 9.17) is 35.0 Å². The number of nitrogens with two attached hydrogens (primary N) is 2. The summed E-state index contributed by atoms with van der Waals surface area (Å²) in [7, 11) is 3.30. The highest BCUT2D eigenvalue weighted by Crippen LogP contribution is 2.32. The van der Waals surface area contributed by atoms with E-state index in [9.17, 15) is 0 Å². The van der Waals surface area contributed by atoms with Crippen molar-refractivity contribution in [2.75, 3.05) is 40.5 Å². The summed E-state index contributed by atoms with van der Waals surface area (Å²) >= 11 is 0. The Morgan fingerprint density at radius 2 is 0.902 bits per heavy atom. The van der Waals surface area contributed by atoms with Gasteiger partial charge in [0.2, 0.25) is 0 Å². The van der Waals surface area contributed by atoms with Crippen LogP contribution in [0.1, 0.15) is 23.1 Å². The fraction of sp³-hybridized carbons (Fsp3) is 0.250. The standard InChI is InChI=1S/C32H38B2N2O5/c1-37-29-17-13-27(14-18-29)33(39-23-21-35)31(25-9-5-3-6-10-25)41-32(26-11-7-4-8-12-26)34(40-24-22-36)28-15-19-30(38-2)20-16-28/h3-20,31-32H,21-24,35-36H2,1-2H3. The third-order valence-corrected chi connectivity index (χ3v) is 6.82. The second-order valence-electron chi connectivity index (χ2n) is 9.51. The van der Waals surface area contributed by atoms with Gasteiger partial charge in [-0.3, -0.25) is 0 Å². The highest BCUT2D eigenvalue weighted by Gasteiger charge is 2.40. The van der Waals surface area contributed by atoms with Gasteiger partial charge < -0.3 is 35.0 Å². The molecule has 0 aromatic heterocycles. The molecule has 4 N–H and O–H groups in total. The van der Waals surface area contributed by atoms with Crippen molar-refractivity contribution in [1.29, 1.82) is 0 Å². The van der Waals surface area contributed by atoms with Crippen LogP contribution < -0.4 is 31.9 Å². The first-order chi connectivity index (χ1) is 20.2. The molecule has 212 valence electrons. The summed E-state index contributed by atoms with van der Waals surface area (Å²) in [6, 6.07) is 34.9. The fourth-order valence-corrected chi connectivity index (χ4v) is 4.79. The number of ether oxygens (including phenoxy) is 3. The first-order valence-corrected chi connectivity index (χ1v) is 13.8. The maximum atomic E-state index is 7.17. The summed E-state index contributed by atoms with van der Waals surface area (Å²) in [5.74, 6) is 1.53. The van der Waals surface area contributed by atoms with Gasteiger partial charge in [-0.2, -0.15) is 0 Å². The Labute approximate surface area is 243 Å². The van der Waals surface area contributed by atoms with E-state index in [-0.39, 0.29) is 0 Å². The van der Waals surface area contributed by atoms with E-state index >= 15 is 0 Å². The molecule has 4 aromatic carbocycles. The molecule has 0 saturated carbocycles. The van der Waals surface area contributed by atoms with Crippen molar-refractivity contribution < 1.29 is 23.5 Å². The average Bonchev–Trinajstić information content (AvgIpc) is 3.04. The molecule has 0 spiro atoms. The Morgan fingerprint density at radius 1 is 0.537 bits per heavy atom. The van der Waals surface area contributed by atoms with E-state index in [0.717, 1.165) is 33.6 Å². The Kier molecular flexibility index (Phi) is 11.9. The van der Waals surface area contributed by atoms with Crippen molar-refractivity contribution in [1.82, 2.24) is 0 Å². The molecule has 0 amide bonds. The maximum absolute atomic E-state index is 7.17. The van der Waals surface area contributed by atoms with E-state index < -0.39 is 25.8 Å². The minimum atomic E-state index is -0.497. The van der Waals surface area contributed by atoms with Crippen LogP contribution in [0.2, 0.25) is 0 Å². The highest BCUT2D eigenvalue weighted by atomic mass is 16.5. The van der Waals surface area contributed by atoms with Gasteiger partial charge >= 0.3 is 13.8 Å². The number of methoxy groups -OCH3 is 2. The van der Waals surface area contributed by atoms with Crippen LogP contribution in [0, 0.1) is 0 Å². The van der Waals surface area contributed by atoms with Crippen LogP contribution in [0.4, 0.5) is 0 Å². The van der Waals surface area contributed by atoms with Gasteiger partial charge in [0.15, 0.2) is 0 Å². The first-order valence-electron chi connectivity index (χ1n) is 13.8. The van der Waals surface area contributed by atoms with Gasteiger partial charge in [0, 0.05) is 26.3 Å². The topological polar surface area (TPSA) is 98.2 Å². The van der Waals surface area contributed by atoms with Crippen molar-refractivity contribution in [3.63, 3.8) is 0 Å². The number of hydrogen-bond acceptors (Lipinski definition) is 7. The molecule has 0 bridgehead atoms. The van der Waals surface area contributed by atoms with E-state index in [2.05, 4.69) is 24.3 Å². The lowest BCUT2D eigenvalue weighted by Gasteiger charge is -2.33. The summed E-state index contributed by atoms with van der Waals surface area (Å²) in [6.07, 6.45) is 0. The predicted molar refractivity (Wildman–Crippen MR) is 166 cm³/mol. The van der Waals surface area contributed by atoms with Gasteiger partial charge in [-0.1, -0.05) is 84.9 Å². The molecule has 0 fully saturated rings. The summed E-state index contributed by atoms with van der Waals surface area (Å²) in [4.78, 5) is 0. The zero-order chi connectivity index (χ0) is 28.9. The van der Waals surface area contributed by atoms with Crippen LogP contribution in [-0.4, -0.2) is 54.4 Å². The van der Waals surface area contributed by atoms with Crippen LogP contribution in [0.25, 0.3) is 0 Å². The van der Waals surface area contributed by atoms with Crippen LogP contribution in [0.3, 0.4) is 0 Å². The molecule has 2 atom stereocenters. The van der Waals surface area contributed by atoms with Crippen LogP contribution in [0.15, 0.2) is 109 Å². The third-order valence-electron chi connectivity index (χ3n) is 6.82. The van der Waals surface area contributed by atoms with Crippen LogP contribution >= 0.6 is 0 Å². The van der Waals surface area contributed by atoms with E-state index in [1.165, 1.54) is 0 Å².